The molecule has 1 amide bonds. The number of benzene rings is 2. The van der Waals surface area contributed by atoms with Crippen LogP contribution in [0.4, 0.5) is 10.5 Å². The van der Waals surface area contributed by atoms with Crippen molar-refractivity contribution in [3.05, 3.63) is 59.7 Å². The number of carbonyl (C=O) groups is 2. The van der Waals surface area contributed by atoms with Crippen molar-refractivity contribution in [2.75, 3.05) is 12.4 Å². The van der Waals surface area contributed by atoms with Crippen molar-refractivity contribution in [3.63, 3.8) is 0 Å². The Morgan fingerprint density at radius 1 is 1.14 bits per heavy atom. The first-order valence-electron chi connectivity index (χ1n) is 6.49. The van der Waals surface area contributed by atoms with Gasteiger partial charge in [-0.2, -0.15) is 0 Å². The molecule has 6 nitrogen and oxygen atoms in total. The Balaban J connectivity index is 2.15. The van der Waals surface area contributed by atoms with Crippen molar-refractivity contribution in [2.45, 2.75) is 6.61 Å². The molecule has 2 aromatic rings. The number of ether oxygens (including phenoxy) is 2. The Kier molecular flexibility index (Phi) is 4.98. The van der Waals surface area contributed by atoms with E-state index >= 15 is 0 Å². The molecule has 0 atom stereocenters. The summed E-state index contributed by atoms with van der Waals surface area (Å²) in [6, 6.07) is 13.9. The molecule has 2 rings (SSSR count). The van der Waals surface area contributed by atoms with E-state index in [1.54, 1.807) is 6.07 Å². The van der Waals surface area contributed by atoms with Crippen molar-refractivity contribution in [1.29, 1.82) is 0 Å². The van der Waals surface area contributed by atoms with Gasteiger partial charge >= 0.3 is 12.1 Å². The minimum absolute atomic E-state index is 0.0732. The van der Waals surface area contributed by atoms with E-state index in [9.17, 15) is 14.7 Å². The lowest BCUT2D eigenvalue weighted by Gasteiger charge is -2.11. The summed E-state index contributed by atoms with van der Waals surface area (Å²) in [6.45, 7) is 0.323. The fourth-order valence-electron chi connectivity index (χ4n) is 1.80. The van der Waals surface area contributed by atoms with Crippen LogP contribution in [0.3, 0.4) is 0 Å². The molecule has 22 heavy (non-hydrogen) atoms. The summed E-state index contributed by atoms with van der Waals surface area (Å²) in [5.74, 6) is -0.770. The van der Waals surface area contributed by atoms with Crippen LogP contribution in [0.25, 0.3) is 0 Å². The molecule has 6 heteroatoms. The molecule has 0 aliphatic heterocycles. The van der Waals surface area contributed by atoms with Gasteiger partial charge in [-0.05, 0) is 23.8 Å². The molecule has 2 N–H and O–H groups in total. The summed E-state index contributed by atoms with van der Waals surface area (Å²) in [4.78, 5) is 22.5. The van der Waals surface area contributed by atoms with Gasteiger partial charge in [0.05, 0.1) is 18.4 Å². The van der Waals surface area contributed by atoms with Crippen molar-refractivity contribution < 1.29 is 24.2 Å². The average Bonchev–Trinajstić information content (AvgIpc) is 2.54. The second kappa shape index (κ2) is 7.12. The molecule has 0 aromatic heterocycles. The first kappa shape index (κ1) is 15.4. The molecule has 0 fully saturated rings. The molecule has 2 aromatic carbocycles. The third kappa shape index (κ3) is 3.99. The molecule has 114 valence electrons. The third-order valence-corrected chi connectivity index (χ3v) is 2.89. The predicted molar refractivity (Wildman–Crippen MR) is 80.2 cm³/mol. The average molecular weight is 301 g/mol. The first-order valence-corrected chi connectivity index (χ1v) is 6.49. The van der Waals surface area contributed by atoms with Gasteiger partial charge in [0, 0.05) is 0 Å². The predicted octanol–water partition coefficient (Wildman–Crippen LogP) is 3.14. The fourth-order valence-corrected chi connectivity index (χ4v) is 1.80. The smallest absolute Gasteiger partial charge is 0.411 e. The molecule has 0 aliphatic rings. The highest BCUT2D eigenvalue weighted by Crippen LogP contribution is 2.23. The second-order valence-electron chi connectivity index (χ2n) is 4.40. The van der Waals surface area contributed by atoms with Gasteiger partial charge < -0.3 is 14.6 Å². The van der Waals surface area contributed by atoms with Crippen molar-refractivity contribution in [2.24, 2.45) is 0 Å². The van der Waals surface area contributed by atoms with Crippen LogP contribution in [0.2, 0.25) is 0 Å². The van der Waals surface area contributed by atoms with Crippen LogP contribution < -0.4 is 10.1 Å². The lowest BCUT2D eigenvalue weighted by atomic mass is 10.1. The summed E-state index contributed by atoms with van der Waals surface area (Å²) < 4.78 is 10.0. The number of hydrogen-bond donors (Lipinski definition) is 2. The zero-order valence-corrected chi connectivity index (χ0v) is 11.9. The van der Waals surface area contributed by atoms with E-state index in [0.717, 1.165) is 5.56 Å². The number of aromatic carboxylic acids is 1. The highest BCUT2D eigenvalue weighted by atomic mass is 16.5. The number of carbonyl (C=O) groups excluding carboxylic acids is 1. The Labute approximate surface area is 127 Å². The Bertz CT molecular complexity index is 669. The van der Waals surface area contributed by atoms with Crippen LogP contribution in [-0.4, -0.2) is 24.3 Å². The molecule has 0 saturated carbocycles. The van der Waals surface area contributed by atoms with Crippen molar-refractivity contribution in [1.82, 2.24) is 0 Å². The summed E-state index contributed by atoms with van der Waals surface area (Å²) in [5.41, 5.74) is 1.04. The van der Waals surface area contributed by atoms with E-state index < -0.39 is 12.1 Å². The maximum atomic E-state index is 11.3. The van der Waals surface area contributed by atoms with Crippen LogP contribution in [0.1, 0.15) is 15.9 Å². The number of nitrogens with one attached hydrogen (secondary N) is 1. The number of carboxylic acid groups (broad SMARTS) is 1. The van der Waals surface area contributed by atoms with Gasteiger partial charge in [0.2, 0.25) is 0 Å². The van der Waals surface area contributed by atoms with Crippen LogP contribution in [0, 0.1) is 0 Å². The summed E-state index contributed by atoms with van der Waals surface area (Å²) >= 11 is 0. The van der Waals surface area contributed by atoms with Gasteiger partial charge in [0.25, 0.3) is 0 Å². The van der Waals surface area contributed by atoms with Crippen molar-refractivity contribution >= 4 is 17.7 Å². The lowest BCUT2D eigenvalue weighted by molar-refractivity contribution is 0.0697. The zero-order valence-electron chi connectivity index (χ0n) is 11.9. The lowest BCUT2D eigenvalue weighted by Crippen LogP contribution is -2.14. The molecular weight excluding hydrogens is 286 g/mol. The van der Waals surface area contributed by atoms with E-state index in [0.29, 0.717) is 12.4 Å². The van der Waals surface area contributed by atoms with Gasteiger partial charge in [-0.1, -0.05) is 30.3 Å². The van der Waals surface area contributed by atoms with Gasteiger partial charge in [0.1, 0.15) is 12.4 Å². The normalized spacial score (nSPS) is 9.86. The molecule has 0 spiro atoms. The van der Waals surface area contributed by atoms with Crippen LogP contribution in [0.5, 0.6) is 5.75 Å². The summed E-state index contributed by atoms with van der Waals surface area (Å²) in [5, 5.41) is 11.6. The number of rotatable bonds is 5. The monoisotopic (exact) mass is 301 g/mol. The van der Waals surface area contributed by atoms with Crippen molar-refractivity contribution in [3.8, 4) is 5.75 Å². The van der Waals surface area contributed by atoms with E-state index in [1.165, 1.54) is 19.2 Å². The summed E-state index contributed by atoms with van der Waals surface area (Å²) in [7, 11) is 1.20. The largest absolute Gasteiger partial charge is 0.489 e. The SMILES string of the molecule is COC(=O)Nc1ccc(OCc2ccccc2)cc1C(=O)O. The molecule has 0 bridgehead atoms. The van der Waals surface area contributed by atoms with E-state index in [1.807, 2.05) is 30.3 Å². The molecule has 0 radical (unpaired) electrons. The first-order chi connectivity index (χ1) is 10.6. The maximum Gasteiger partial charge on any atom is 0.411 e. The topological polar surface area (TPSA) is 84.9 Å². The molecule has 0 heterocycles. The van der Waals surface area contributed by atoms with Gasteiger partial charge in [-0.25, -0.2) is 9.59 Å². The van der Waals surface area contributed by atoms with E-state index in [4.69, 9.17) is 4.74 Å². The van der Waals surface area contributed by atoms with Gasteiger partial charge in [-0.3, -0.25) is 5.32 Å². The van der Waals surface area contributed by atoms with E-state index in [2.05, 4.69) is 10.1 Å². The highest BCUT2D eigenvalue weighted by Gasteiger charge is 2.14. The number of amides is 1. The number of methoxy groups -OCH3 is 1. The standard InChI is InChI=1S/C16H15NO5/c1-21-16(20)17-14-8-7-12(9-13(14)15(18)19)22-10-11-5-3-2-4-6-11/h2-9H,10H2,1H3,(H,17,20)(H,18,19). The highest BCUT2D eigenvalue weighted by molar-refractivity contribution is 5.99. The van der Waals surface area contributed by atoms with Gasteiger partial charge in [-0.15, -0.1) is 0 Å². The Morgan fingerprint density at radius 2 is 1.86 bits per heavy atom. The Morgan fingerprint density at radius 3 is 2.50 bits per heavy atom. The number of anilines is 1. The Hall–Kier alpha value is -3.02. The maximum absolute atomic E-state index is 11.3. The quantitative estimate of drug-likeness (QED) is 0.886. The molecular formula is C16H15NO5. The molecule has 0 aliphatic carbocycles. The molecule has 0 saturated heterocycles. The molecule has 0 unspecified atom stereocenters. The van der Waals surface area contributed by atoms with Crippen LogP contribution in [0.15, 0.2) is 48.5 Å². The third-order valence-electron chi connectivity index (χ3n) is 2.89. The minimum atomic E-state index is -1.17. The van der Waals surface area contributed by atoms with Crippen LogP contribution in [-0.2, 0) is 11.3 Å². The zero-order chi connectivity index (χ0) is 15.9. The van der Waals surface area contributed by atoms with Crippen LogP contribution >= 0.6 is 0 Å². The van der Waals surface area contributed by atoms with Gasteiger partial charge in [0.15, 0.2) is 0 Å². The van der Waals surface area contributed by atoms with E-state index in [-0.39, 0.29) is 11.3 Å². The number of carboxylic acids is 1. The second-order valence-corrected chi connectivity index (χ2v) is 4.40. The summed E-state index contributed by atoms with van der Waals surface area (Å²) in [6.07, 6.45) is -0.736. The minimum Gasteiger partial charge on any atom is -0.489 e. The fraction of sp³-hybridized carbons (Fsp3) is 0.125. The number of hydrogen-bond acceptors (Lipinski definition) is 4.